The lowest BCUT2D eigenvalue weighted by atomic mass is 9.96. The second kappa shape index (κ2) is 13.9. The van der Waals surface area contributed by atoms with Gasteiger partial charge >= 0.3 is 5.69 Å². The van der Waals surface area contributed by atoms with Gasteiger partial charge in [0.2, 0.25) is 5.75 Å². The second-order valence-electron chi connectivity index (χ2n) is 10.9. The molecule has 5 rings (SSSR count). The SMILES string of the molecule is CCOc1cc(C)c(-c2nc3ccccc3c(=O)n2N=Cc2cc(Br)c(OCc3ccc([N+](=O)[O-])cc3)c([N+](=O)[O-])c2)cc1C(C)C. The Labute approximate surface area is 277 Å². The predicted octanol–water partition coefficient (Wildman–Crippen LogP) is 7.93. The molecule has 0 spiro atoms. The molecular formula is C34H30BrN5O7. The number of hydrogen-bond donors (Lipinski definition) is 0. The van der Waals surface area contributed by atoms with Crippen LogP contribution in [-0.2, 0) is 6.61 Å². The van der Waals surface area contributed by atoms with Gasteiger partial charge in [-0.05, 0) is 94.9 Å². The quantitative estimate of drug-likeness (QED) is 0.0765. The van der Waals surface area contributed by atoms with E-state index < -0.39 is 15.4 Å². The molecule has 0 N–H and O–H groups in total. The highest BCUT2D eigenvalue weighted by atomic mass is 79.9. The maximum absolute atomic E-state index is 13.8. The van der Waals surface area contributed by atoms with Crippen LogP contribution in [0.2, 0.25) is 0 Å². The molecule has 1 heterocycles. The summed E-state index contributed by atoms with van der Waals surface area (Å²) in [5, 5.41) is 27.9. The van der Waals surface area contributed by atoms with E-state index in [4.69, 9.17) is 14.5 Å². The highest BCUT2D eigenvalue weighted by Gasteiger charge is 2.22. The first-order valence-corrected chi connectivity index (χ1v) is 15.5. The highest BCUT2D eigenvalue weighted by Crippen LogP contribution is 2.37. The van der Waals surface area contributed by atoms with Crippen molar-refractivity contribution in [2.24, 2.45) is 5.10 Å². The van der Waals surface area contributed by atoms with Crippen LogP contribution >= 0.6 is 15.9 Å². The topological polar surface area (TPSA) is 152 Å². The van der Waals surface area contributed by atoms with Gasteiger partial charge < -0.3 is 9.47 Å². The molecule has 1 aromatic heterocycles. The zero-order valence-electron chi connectivity index (χ0n) is 26.0. The summed E-state index contributed by atoms with van der Waals surface area (Å²) in [5.41, 5.74) is 3.07. The van der Waals surface area contributed by atoms with Crippen molar-refractivity contribution in [2.75, 3.05) is 6.61 Å². The van der Waals surface area contributed by atoms with Crippen molar-refractivity contribution in [1.82, 2.24) is 9.66 Å². The van der Waals surface area contributed by atoms with Gasteiger partial charge in [0.25, 0.3) is 11.2 Å². The summed E-state index contributed by atoms with van der Waals surface area (Å²) in [6.07, 6.45) is 1.35. The number of fused-ring (bicyclic) bond motifs is 1. The van der Waals surface area contributed by atoms with Crippen LogP contribution in [0, 0.1) is 27.2 Å². The van der Waals surface area contributed by atoms with Gasteiger partial charge in [0.15, 0.2) is 5.82 Å². The lowest BCUT2D eigenvalue weighted by Crippen LogP contribution is -2.21. The number of halogens is 1. The average Bonchev–Trinajstić information content (AvgIpc) is 3.03. The van der Waals surface area contributed by atoms with Crippen molar-refractivity contribution >= 4 is 44.4 Å². The van der Waals surface area contributed by atoms with Gasteiger partial charge in [0.05, 0.1) is 38.0 Å². The van der Waals surface area contributed by atoms with E-state index in [-0.39, 0.29) is 34.1 Å². The van der Waals surface area contributed by atoms with Crippen molar-refractivity contribution < 1.29 is 19.3 Å². The Morgan fingerprint density at radius 3 is 2.38 bits per heavy atom. The highest BCUT2D eigenvalue weighted by molar-refractivity contribution is 9.10. The monoisotopic (exact) mass is 699 g/mol. The molecule has 0 unspecified atom stereocenters. The van der Waals surface area contributed by atoms with E-state index in [9.17, 15) is 25.0 Å². The minimum Gasteiger partial charge on any atom is -0.494 e. The minimum absolute atomic E-state index is 0.0260. The first kappa shape index (κ1) is 32.9. The van der Waals surface area contributed by atoms with Crippen LogP contribution in [0.3, 0.4) is 0 Å². The van der Waals surface area contributed by atoms with E-state index in [1.54, 1.807) is 30.3 Å². The van der Waals surface area contributed by atoms with Crippen LogP contribution < -0.4 is 15.0 Å². The Morgan fingerprint density at radius 2 is 1.72 bits per heavy atom. The summed E-state index contributed by atoms with van der Waals surface area (Å²) in [6.45, 7) is 8.38. The Morgan fingerprint density at radius 1 is 1.00 bits per heavy atom. The maximum atomic E-state index is 13.8. The molecule has 0 aliphatic rings. The van der Waals surface area contributed by atoms with Crippen molar-refractivity contribution in [3.63, 3.8) is 0 Å². The number of non-ortho nitro benzene ring substituents is 1. The number of nitro groups is 2. The van der Waals surface area contributed by atoms with Gasteiger partial charge in [-0.1, -0.05) is 26.0 Å². The van der Waals surface area contributed by atoms with E-state index in [0.717, 1.165) is 16.9 Å². The summed E-state index contributed by atoms with van der Waals surface area (Å²) in [7, 11) is 0. The number of aryl methyl sites for hydroxylation is 1. The largest absolute Gasteiger partial charge is 0.494 e. The zero-order chi connectivity index (χ0) is 33.8. The van der Waals surface area contributed by atoms with Gasteiger partial charge in [0.1, 0.15) is 12.4 Å². The molecule has 0 radical (unpaired) electrons. The van der Waals surface area contributed by atoms with Crippen LogP contribution in [0.4, 0.5) is 11.4 Å². The van der Waals surface area contributed by atoms with Crippen molar-refractivity contribution in [1.29, 1.82) is 0 Å². The molecule has 12 nitrogen and oxygen atoms in total. The molecule has 13 heteroatoms. The third-order valence-corrected chi connectivity index (χ3v) is 7.96. The molecule has 4 aromatic carbocycles. The van der Waals surface area contributed by atoms with E-state index >= 15 is 0 Å². The molecule has 0 bridgehead atoms. The van der Waals surface area contributed by atoms with Gasteiger partial charge in [-0.15, -0.1) is 0 Å². The summed E-state index contributed by atoms with van der Waals surface area (Å²) in [4.78, 5) is 40.6. The van der Waals surface area contributed by atoms with Crippen molar-refractivity contribution in [3.05, 3.63) is 130 Å². The van der Waals surface area contributed by atoms with Crippen LogP contribution in [0.5, 0.6) is 11.5 Å². The number of ether oxygens (including phenoxy) is 2. The van der Waals surface area contributed by atoms with E-state index in [0.29, 0.717) is 40.0 Å². The molecule has 240 valence electrons. The standard InChI is InChI=1S/C34H30BrN5O7/c1-5-46-31-14-21(4)27(17-26(31)20(2)3)33-37-29-9-7-6-8-25(29)34(41)38(33)36-18-23-15-28(35)32(30(16-23)40(44)45)47-19-22-10-12-24(13-11-22)39(42)43/h6-18,20H,5,19H2,1-4H3. The first-order chi connectivity index (χ1) is 22.5. The minimum atomic E-state index is -0.584. The molecule has 47 heavy (non-hydrogen) atoms. The maximum Gasteiger partial charge on any atom is 0.312 e. The average molecular weight is 701 g/mol. The molecule has 0 aliphatic heterocycles. The third-order valence-electron chi connectivity index (χ3n) is 7.37. The number of aromatic nitrogens is 2. The Hall–Kier alpha value is -5.43. The number of benzene rings is 4. The summed E-state index contributed by atoms with van der Waals surface area (Å²) < 4.78 is 13.1. The summed E-state index contributed by atoms with van der Waals surface area (Å²) >= 11 is 3.37. The van der Waals surface area contributed by atoms with Gasteiger partial charge in [-0.25, -0.2) is 4.98 Å². The lowest BCUT2D eigenvalue weighted by molar-refractivity contribution is -0.386. The Kier molecular flexibility index (Phi) is 9.75. The third kappa shape index (κ3) is 7.04. The number of para-hydroxylation sites is 1. The summed E-state index contributed by atoms with van der Waals surface area (Å²) in [5.74, 6) is 1.17. The molecule has 5 aromatic rings. The number of rotatable bonds is 11. The van der Waals surface area contributed by atoms with E-state index in [1.807, 2.05) is 26.0 Å². The molecule has 0 fully saturated rings. The lowest BCUT2D eigenvalue weighted by Gasteiger charge is -2.18. The van der Waals surface area contributed by atoms with Crippen LogP contribution in [0.1, 0.15) is 48.9 Å². The zero-order valence-corrected chi connectivity index (χ0v) is 27.6. The Balaban J connectivity index is 1.57. The van der Waals surface area contributed by atoms with Gasteiger partial charge in [-0.2, -0.15) is 9.78 Å². The number of nitrogens with zero attached hydrogens (tertiary/aromatic N) is 5. The van der Waals surface area contributed by atoms with Crippen molar-refractivity contribution in [2.45, 2.75) is 40.2 Å². The van der Waals surface area contributed by atoms with Crippen LogP contribution in [0.25, 0.3) is 22.3 Å². The van der Waals surface area contributed by atoms with Crippen LogP contribution in [0.15, 0.2) is 87.2 Å². The van der Waals surface area contributed by atoms with Crippen molar-refractivity contribution in [3.8, 4) is 22.9 Å². The van der Waals surface area contributed by atoms with E-state index in [1.165, 1.54) is 41.2 Å². The number of hydrogen-bond acceptors (Lipinski definition) is 9. The predicted molar refractivity (Wildman–Crippen MR) is 183 cm³/mol. The molecule has 0 saturated carbocycles. The van der Waals surface area contributed by atoms with Gasteiger partial charge in [0, 0.05) is 29.3 Å². The molecule has 0 aliphatic carbocycles. The first-order valence-electron chi connectivity index (χ1n) is 14.7. The second-order valence-corrected chi connectivity index (χ2v) is 11.8. The Bertz CT molecular complexity index is 2090. The smallest absolute Gasteiger partial charge is 0.312 e. The van der Waals surface area contributed by atoms with Crippen LogP contribution in [-0.4, -0.2) is 32.3 Å². The summed E-state index contributed by atoms with van der Waals surface area (Å²) in [6, 6.07) is 19.4. The number of nitro benzene ring substituents is 2. The fourth-order valence-electron chi connectivity index (χ4n) is 5.02. The molecule has 0 atom stereocenters. The van der Waals surface area contributed by atoms with E-state index in [2.05, 4.69) is 34.9 Å². The molecule has 0 saturated heterocycles. The molecule has 0 amide bonds. The molecular weight excluding hydrogens is 670 g/mol. The fourth-order valence-corrected chi connectivity index (χ4v) is 5.60. The normalized spacial score (nSPS) is 11.4. The van der Waals surface area contributed by atoms with Gasteiger partial charge in [-0.3, -0.25) is 25.0 Å². The fraction of sp³-hybridized carbons (Fsp3) is 0.206.